The van der Waals surface area contributed by atoms with Gasteiger partial charge in [-0.2, -0.15) is 0 Å². The highest BCUT2D eigenvalue weighted by Gasteiger charge is 2.33. The van der Waals surface area contributed by atoms with Crippen molar-refractivity contribution in [1.82, 2.24) is 16.0 Å². The minimum Gasteiger partial charge on any atom is -0.403 e. The zero-order valence-corrected chi connectivity index (χ0v) is 15.8. The molecule has 10 heteroatoms. The number of halogens is 4. The van der Waals surface area contributed by atoms with Crippen molar-refractivity contribution in [3.63, 3.8) is 0 Å². The van der Waals surface area contributed by atoms with E-state index in [1.54, 1.807) is 31.2 Å². The van der Waals surface area contributed by atoms with E-state index in [0.29, 0.717) is 0 Å². The van der Waals surface area contributed by atoms with E-state index in [-0.39, 0.29) is 17.9 Å². The number of hydrogen-bond donors (Lipinski definition) is 3. The molecule has 1 aliphatic heterocycles. The third-order valence-electron chi connectivity index (χ3n) is 4.55. The van der Waals surface area contributed by atoms with Gasteiger partial charge in [0.2, 0.25) is 11.8 Å². The summed E-state index contributed by atoms with van der Waals surface area (Å²) < 4.78 is 54.3. The summed E-state index contributed by atoms with van der Waals surface area (Å²) in [5.41, 5.74) is 1.02. The summed E-state index contributed by atoms with van der Waals surface area (Å²) in [4.78, 5) is 24.7. The van der Waals surface area contributed by atoms with E-state index in [0.717, 1.165) is 17.7 Å². The van der Waals surface area contributed by atoms with Crippen molar-refractivity contribution in [2.75, 3.05) is 0 Å². The highest BCUT2D eigenvalue weighted by atomic mass is 19.4. The molecular formula is C20H19F4N3O3. The zero-order valence-electron chi connectivity index (χ0n) is 15.8. The molecule has 6 nitrogen and oxygen atoms in total. The van der Waals surface area contributed by atoms with Crippen LogP contribution in [0, 0.1) is 5.82 Å². The lowest BCUT2D eigenvalue weighted by Gasteiger charge is -2.31. The van der Waals surface area contributed by atoms with Crippen LogP contribution in [0.25, 0.3) is 0 Å². The monoisotopic (exact) mass is 425 g/mol. The number of alkyl halides is 3. The van der Waals surface area contributed by atoms with Crippen LogP contribution in [0.5, 0.6) is 5.75 Å². The molecule has 1 heterocycles. The van der Waals surface area contributed by atoms with Crippen molar-refractivity contribution in [2.45, 2.75) is 38.0 Å². The topological polar surface area (TPSA) is 79.5 Å². The van der Waals surface area contributed by atoms with Crippen molar-refractivity contribution in [3.8, 4) is 5.75 Å². The Hall–Kier alpha value is -3.14. The van der Waals surface area contributed by atoms with E-state index >= 15 is 0 Å². The molecule has 30 heavy (non-hydrogen) atoms. The lowest BCUT2D eigenvalue weighted by atomic mass is 10.0. The number of ether oxygens (including phenoxy) is 1. The quantitative estimate of drug-likeness (QED) is 0.644. The Kier molecular flexibility index (Phi) is 6.25. The summed E-state index contributed by atoms with van der Waals surface area (Å²) in [6.45, 7) is 1.55. The molecule has 160 valence electrons. The smallest absolute Gasteiger partial charge is 0.403 e. The number of hydrogen-bond acceptors (Lipinski definition) is 4. The van der Waals surface area contributed by atoms with Crippen molar-refractivity contribution in [3.05, 3.63) is 65.5 Å². The first kappa shape index (κ1) is 21.6. The van der Waals surface area contributed by atoms with Crippen molar-refractivity contribution >= 4 is 11.8 Å². The van der Waals surface area contributed by atoms with Crippen LogP contribution < -0.4 is 20.7 Å². The molecule has 0 radical (unpaired) electrons. The highest BCUT2D eigenvalue weighted by molar-refractivity contribution is 5.89. The first-order valence-corrected chi connectivity index (χ1v) is 9.08. The second-order valence-corrected chi connectivity index (χ2v) is 6.80. The first-order valence-electron chi connectivity index (χ1n) is 9.08. The minimum atomic E-state index is -5.01. The average molecular weight is 425 g/mol. The Morgan fingerprint density at radius 1 is 1.20 bits per heavy atom. The third-order valence-corrected chi connectivity index (χ3v) is 4.55. The number of nitrogens with one attached hydrogen (secondary N) is 3. The maximum atomic E-state index is 13.9. The van der Waals surface area contributed by atoms with Crippen LogP contribution in [-0.2, 0) is 9.59 Å². The van der Waals surface area contributed by atoms with E-state index in [9.17, 15) is 27.2 Å². The fourth-order valence-electron chi connectivity index (χ4n) is 3.09. The second-order valence-electron chi connectivity index (χ2n) is 6.80. The molecule has 0 spiro atoms. The molecular weight excluding hydrogens is 406 g/mol. The summed E-state index contributed by atoms with van der Waals surface area (Å²) in [7, 11) is 0. The molecule has 1 saturated heterocycles. The summed E-state index contributed by atoms with van der Waals surface area (Å²) in [5.74, 6) is -2.96. The van der Waals surface area contributed by atoms with Crippen molar-refractivity contribution in [2.24, 2.45) is 0 Å². The first-order chi connectivity index (χ1) is 14.1. The lowest BCUT2D eigenvalue weighted by Crippen LogP contribution is -2.56. The third kappa shape index (κ3) is 5.47. The van der Waals surface area contributed by atoms with E-state index in [1.807, 2.05) is 6.07 Å². The van der Waals surface area contributed by atoms with Gasteiger partial charge in [-0.1, -0.05) is 36.4 Å². The molecule has 2 amide bonds. The Bertz CT molecular complexity index is 921. The zero-order chi connectivity index (χ0) is 21.9. The van der Waals surface area contributed by atoms with Gasteiger partial charge in [0.05, 0.1) is 18.5 Å². The molecule has 2 aromatic carbocycles. The molecule has 3 atom stereocenters. The van der Waals surface area contributed by atoms with Crippen molar-refractivity contribution in [1.29, 1.82) is 0 Å². The molecule has 0 aliphatic carbocycles. The van der Waals surface area contributed by atoms with Crippen LogP contribution in [0.1, 0.15) is 36.7 Å². The standard InChI is InChI=1S/C20H19F4N3O3/c1-11(13-7-8-16(14(21)9-13)30-20(22,23)24)25-19(29)15-10-17(28)27-18(26-15)12-5-3-2-4-6-12/h2-9,11,15,18,26H,10H2,1H3,(H,25,29)(H,27,28)/t11-,15?,18?/m1/s1. The van der Waals surface area contributed by atoms with E-state index < -0.39 is 42.1 Å². The van der Waals surface area contributed by atoms with Gasteiger partial charge < -0.3 is 15.4 Å². The molecule has 0 saturated carbocycles. The molecule has 0 bridgehead atoms. The van der Waals surface area contributed by atoms with Crippen LogP contribution in [0.15, 0.2) is 48.5 Å². The maximum Gasteiger partial charge on any atom is 0.573 e. The van der Waals surface area contributed by atoms with Gasteiger partial charge in [-0.3, -0.25) is 14.9 Å². The molecule has 2 unspecified atom stereocenters. The van der Waals surface area contributed by atoms with Gasteiger partial charge in [0.1, 0.15) is 6.17 Å². The Labute approximate surface area is 169 Å². The number of rotatable bonds is 5. The molecule has 3 rings (SSSR count). The van der Waals surface area contributed by atoms with Gasteiger partial charge in [-0.25, -0.2) is 4.39 Å². The van der Waals surface area contributed by atoms with E-state index in [1.165, 1.54) is 6.07 Å². The van der Waals surface area contributed by atoms with E-state index in [2.05, 4.69) is 20.7 Å². The predicted molar refractivity (Wildman–Crippen MR) is 98.5 cm³/mol. The average Bonchev–Trinajstić information content (AvgIpc) is 2.68. The SMILES string of the molecule is C[C@@H](NC(=O)C1CC(=O)NC(c2ccccc2)N1)c1ccc(OC(F)(F)F)c(F)c1. The minimum absolute atomic E-state index is 0.0887. The van der Waals surface area contributed by atoms with Crippen LogP contribution in [-0.4, -0.2) is 24.2 Å². The maximum absolute atomic E-state index is 13.9. The molecule has 3 N–H and O–H groups in total. The van der Waals surface area contributed by atoms with Gasteiger partial charge >= 0.3 is 6.36 Å². The van der Waals surface area contributed by atoms with Gasteiger partial charge in [0, 0.05) is 0 Å². The van der Waals surface area contributed by atoms with Gasteiger partial charge in [0.25, 0.3) is 0 Å². The second kappa shape index (κ2) is 8.70. The van der Waals surface area contributed by atoms with Crippen LogP contribution >= 0.6 is 0 Å². The van der Waals surface area contributed by atoms with E-state index in [4.69, 9.17) is 0 Å². The van der Waals surface area contributed by atoms with Gasteiger partial charge in [-0.05, 0) is 30.2 Å². The summed E-state index contributed by atoms with van der Waals surface area (Å²) in [5, 5.41) is 8.43. The molecule has 1 aliphatic rings. The largest absolute Gasteiger partial charge is 0.573 e. The Morgan fingerprint density at radius 3 is 2.53 bits per heavy atom. The Balaban J connectivity index is 1.66. The number of benzene rings is 2. The van der Waals surface area contributed by atoms with Crippen LogP contribution in [0.3, 0.4) is 0 Å². The van der Waals surface area contributed by atoms with Crippen molar-refractivity contribution < 1.29 is 31.9 Å². The molecule has 0 aromatic heterocycles. The molecule has 2 aromatic rings. The summed E-state index contributed by atoms with van der Waals surface area (Å²) >= 11 is 0. The number of carbonyl (C=O) groups is 2. The number of carbonyl (C=O) groups excluding carboxylic acids is 2. The van der Waals surface area contributed by atoms with Gasteiger partial charge in [-0.15, -0.1) is 13.2 Å². The summed E-state index contributed by atoms with van der Waals surface area (Å²) in [6.07, 6.45) is -5.64. The van der Waals surface area contributed by atoms with Crippen LogP contribution in [0.4, 0.5) is 17.6 Å². The fraction of sp³-hybridized carbons (Fsp3) is 0.300. The lowest BCUT2D eigenvalue weighted by molar-refractivity contribution is -0.275. The normalized spacial score (nSPS) is 20.2. The van der Waals surface area contributed by atoms with Crippen LogP contribution in [0.2, 0.25) is 0 Å². The van der Waals surface area contributed by atoms with Gasteiger partial charge in [0.15, 0.2) is 11.6 Å². The fourth-order valence-corrected chi connectivity index (χ4v) is 3.09. The molecule has 1 fully saturated rings. The highest BCUT2D eigenvalue weighted by Crippen LogP contribution is 2.28. The summed E-state index contributed by atoms with van der Waals surface area (Å²) in [6, 6.07) is 10.4. The Morgan fingerprint density at radius 2 is 1.90 bits per heavy atom. The predicted octanol–water partition coefficient (Wildman–Crippen LogP) is 3.08. The number of amides is 2.